The zero-order chi connectivity index (χ0) is 18.7. The van der Waals surface area contributed by atoms with Crippen molar-refractivity contribution < 1.29 is 9.59 Å². The Hall–Kier alpha value is -1.99. The number of aromatic nitrogens is 1. The summed E-state index contributed by atoms with van der Waals surface area (Å²) in [7, 11) is 4.02. The molecule has 1 N–H and O–H groups in total. The van der Waals surface area contributed by atoms with Crippen molar-refractivity contribution in [1.29, 1.82) is 0 Å². The highest BCUT2D eigenvalue weighted by molar-refractivity contribution is 7.18. The number of likely N-dealkylation sites (tertiary alicyclic amines) is 1. The van der Waals surface area contributed by atoms with Gasteiger partial charge in [-0.1, -0.05) is 0 Å². The molecular formula is C19H26N4O2S. The Bertz CT molecular complexity index is 802. The molecule has 1 aromatic heterocycles. The largest absolute Gasteiger partial charge is 0.352 e. The predicted molar refractivity (Wildman–Crippen MR) is 105 cm³/mol. The molecule has 6 nitrogen and oxygen atoms in total. The average molecular weight is 375 g/mol. The van der Waals surface area contributed by atoms with Crippen LogP contribution < -0.4 is 5.32 Å². The molecule has 140 valence electrons. The van der Waals surface area contributed by atoms with E-state index in [1.165, 1.54) is 0 Å². The first kappa shape index (κ1) is 18.8. The van der Waals surface area contributed by atoms with Gasteiger partial charge in [-0.05, 0) is 52.1 Å². The number of hydrogen-bond acceptors (Lipinski definition) is 5. The molecule has 2 amide bonds. The smallest absolute Gasteiger partial charge is 0.251 e. The van der Waals surface area contributed by atoms with Crippen LogP contribution in [0.4, 0.5) is 0 Å². The van der Waals surface area contributed by atoms with Crippen molar-refractivity contribution in [3.8, 4) is 0 Å². The fourth-order valence-electron chi connectivity index (χ4n) is 3.34. The molecule has 1 fully saturated rings. The summed E-state index contributed by atoms with van der Waals surface area (Å²) in [6.45, 7) is 4.17. The number of hydrogen-bond donors (Lipinski definition) is 1. The van der Waals surface area contributed by atoms with E-state index in [4.69, 9.17) is 0 Å². The quantitative estimate of drug-likeness (QED) is 0.807. The minimum Gasteiger partial charge on any atom is -0.352 e. The topological polar surface area (TPSA) is 65.5 Å². The number of likely N-dealkylation sites (N-methyl/N-ethyl adjacent to an activating group) is 1. The molecule has 3 rings (SSSR count). The van der Waals surface area contributed by atoms with Crippen LogP contribution in [0.3, 0.4) is 0 Å². The van der Waals surface area contributed by atoms with Gasteiger partial charge in [0.2, 0.25) is 5.91 Å². The van der Waals surface area contributed by atoms with Gasteiger partial charge >= 0.3 is 0 Å². The summed E-state index contributed by atoms with van der Waals surface area (Å²) in [5, 5.41) is 4.00. The Morgan fingerprint density at radius 1 is 1.42 bits per heavy atom. The molecule has 1 atom stereocenters. The molecule has 0 unspecified atom stereocenters. The maximum absolute atomic E-state index is 12.4. The van der Waals surface area contributed by atoms with Crippen molar-refractivity contribution in [2.45, 2.75) is 32.2 Å². The summed E-state index contributed by atoms with van der Waals surface area (Å²) in [5.41, 5.74) is 1.60. The van der Waals surface area contributed by atoms with Crippen LogP contribution in [0.15, 0.2) is 18.2 Å². The van der Waals surface area contributed by atoms with Crippen LogP contribution in [0.5, 0.6) is 0 Å². The van der Waals surface area contributed by atoms with E-state index in [9.17, 15) is 9.59 Å². The van der Waals surface area contributed by atoms with Crippen LogP contribution in [0.25, 0.3) is 10.2 Å². The summed E-state index contributed by atoms with van der Waals surface area (Å²) in [5.74, 6) is 0.163. The molecule has 2 aromatic rings. The molecular weight excluding hydrogens is 348 g/mol. The molecule has 1 aromatic carbocycles. The third-order valence-electron chi connectivity index (χ3n) is 4.76. The van der Waals surface area contributed by atoms with Crippen molar-refractivity contribution in [3.63, 3.8) is 0 Å². The standard InChI is InChI=1S/C19H26N4O2S/c1-13-21-16-6-4-14(12-17(16)26-13)19(25)20-9-8-15-5-7-18(24)23(15)11-10-22(2)3/h4,6,12,15H,5,7-11H2,1-3H3,(H,20,25)/t15-/m1/s1. The molecule has 2 heterocycles. The number of thiazole rings is 1. The number of carbonyl (C=O) groups is 2. The van der Waals surface area contributed by atoms with Crippen molar-refractivity contribution in [2.24, 2.45) is 0 Å². The van der Waals surface area contributed by atoms with E-state index in [0.717, 1.165) is 41.2 Å². The Morgan fingerprint density at radius 2 is 2.23 bits per heavy atom. The normalized spacial score (nSPS) is 17.5. The van der Waals surface area contributed by atoms with Crippen LogP contribution in [0, 0.1) is 6.92 Å². The van der Waals surface area contributed by atoms with Crippen molar-refractivity contribution in [3.05, 3.63) is 28.8 Å². The maximum atomic E-state index is 12.4. The molecule has 1 aliphatic heterocycles. The lowest BCUT2D eigenvalue weighted by Crippen LogP contribution is -2.40. The van der Waals surface area contributed by atoms with E-state index < -0.39 is 0 Å². The molecule has 1 saturated heterocycles. The van der Waals surface area contributed by atoms with Gasteiger partial charge in [-0.15, -0.1) is 11.3 Å². The predicted octanol–water partition coefficient (Wildman–Crippen LogP) is 2.28. The van der Waals surface area contributed by atoms with Gasteiger partial charge in [-0.2, -0.15) is 0 Å². The lowest BCUT2D eigenvalue weighted by molar-refractivity contribution is -0.129. The van der Waals surface area contributed by atoms with Crippen LogP contribution in [0.1, 0.15) is 34.6 Å². The van der Waals surface area contributed by atoms with Gasteiger partial charge in [0, 0.05) is 37.7 Å². The summed E-state index contributed by atoms with van der Waals surface area (Å²) in [4.78, 5) is 32.9. The Balaban J connectivity index is 1.52. The minimum atomic E-state index is -0.0675. The first-order valence-corrected chi connectivity index (χ1v) is 9.85. The molecule has 0 aliphatic carbocycles. The summed E-state index contributed by atoms with van der Waals surface area (Å²) in [6, 6.07) is 5.85. The molecule has 0 radical (unpaired) electrons. The lowest BCUT2D eigenvalue weighted by Gasteiger charge is -2.26. The van der Waals surface area contributed by atoms with E-state index >= 15 is 0 Å². The Labute approximate surface area is 158 Å². The molecule has 0 bridgehead atoms. The monoisotopic (exact) mass is 374 g/mol. The van der Waals surface area contributed by atoms with Gasteiger partial charge < -0.3 is 15.1 Å². The third-order valence-corrected chi connectivity index (χ3v) is 5.69. The van der Waals surface area contributed by atoms with Crippen LogP contribution in [0.2, 0.25) is 0 Å². The second-order valence-corrected chi connectivity index (χ2v) is 8.28. The zero-order valence-corrected chi connectivity index (χ0v) is 16.4. The number of carbonyl (C=O) groups excluding carboxylic acids is 2. The van der Waals surface area contributed by atoms with Gasteiger partial charge in [-0.25, -0.2) is 4.98 Å². The Morgan fingerprint density at radius 3 is 3.00 bits per heavy atom. The second kappa shape index (κ2) is 8.14. The highest BCUT2D eigenvalue weighted by Crippen LogP contribution is 2.23. The van der Waals surface area contributed by atoms with Crippen LogP contribution in [-0.2, 0) is 4.79 Å². The SMILES string of the molecule is Cc1nc2ccc(C(=O)NCC[C@H]3CCC(=O)N3CCN(C)C)cc2s1. The second-order valence-electron chi connectivity index (χ2n) is 7.04. The fraction of sp³-hybridized carbons (Fsp3) is 0.526. The van der Waals surface area contributed by atoms with Crippen LogP contribution >= 0.6 is 11.3 Å². The van der Waals surface area contributed by atoms with Gasteiger partial charge in [0.25, 0.3) is 5.91 Å². The first-order valence-electron chi connectivity index (χ1n) is 9.03. The van der Waals surface area contributed by atoms with E-state index in [1.54, 1.807) is 11.3 Å². The van der Waals surface area contributed by atoms with Crippen molar-refractivity contribution in [2.75, 3.05) is 33.7 Å². The highest BCUT2D eigenvalue weighted by atomic mass is 32.1. The number of amides is 2. The summed E-state index contributed by atoms with van der Waals surface area (Å²) < 4.78 is 1.03. The van der Waals surface area contributed by atoms with Gasteiger partial charge in [0.05, 0.1) is 15.2 Å². The van der Waals surface area contributed by atoms with Gasteiger partial charge in [-0.3, -0.25) is 9.59 Å². The summed E-state index contributed by atoms with van der Waals surface area (Å²) >= 11 is 1.60. The molecule has 7 heteroatoms. The number of nitrogens with zero attached hydrogens (tertiary/aromatic N) is 3. The Kier molecular flexibility index (Phi) is 5.88. The molecule has 26 heavy (non-hydrogen) atoms. The van der Waals surface area contributed by atoms with Gasteiger partial charge in [0.15, 0.2) is 0 Å². The number of benzene rings is 1. The molecule has 0 spiro atoms. The highest BCUT2D eigenvalue weighted by Gasteiger charge is 2.30. The van der Waals surface area contributed by atoms with Crippen molar-refractivity contribution >= 4 is 33.4 Å². The van der Waals surface area contributed by atoms with Crippen molar-refractivity contribution in [1.82, 2.24) is 20.1 Å². The number of aryl methyl sites for hydroxylation is 1. The maximum Gasteiger partial charge on any atom is 0.251 e. The third kappa shape index (κ3) is 4.40. The molecule has 0 saturated carbocycles. The minimum absolute atomic E-state index is 0.0675. The van der Waals surface area contributed by atoms with E-state index in [0.29, 0.717) is 18.5 Å². The van der Waals surface area contributed by atoms with E-state index in [1.807, 2.05) is 44.1 Å². The lowest BCUT2D eigenvalue weighted by atomic mass is 10.1. The molecule has 1 aliphatic rings. The van der Waals surface area contributed by atoms with E-state index in [2.05, 4.69) is 15.2 Å². The average Bonchev–Trinajstić information content (AvgIpc) is 3.13. The summed E-state index contributed by atoms with van der Waals surface area (Å²) in [6.07, 6.45) is 2.30. The van der Waals surface area contributed by atoms with Crippen LogP contribution in [-0.4, -0.2) is 66.4 Å². The van der Waals surface area contributed by atoms with E-state index in [-0.39, 0.29) is 17.9 Å². The fourth-order valence-corrected chi connectivity index (χ4v) is 4.21. The zero-order valence-electron chi connectivity index (χ0n) is 15.6. The number of fused-ring (bicyclic) bond motifs is 1. The number of nitrogens with one attached hydrogen (secondary N) is 1. The first-order chi connectivity index (χ1) is 12.4. The number of rotatable bonds is 7. The van der Waals surface area contributed by atoms with Gasteiger partial charge in [0.1, 0.15) is 0 Å².